The first kappa shape index (κ1) is 24.7. The van der Waals surface area contributed by atoms with Crippen molar-refractivity contribution >= 4 is 17.4 Å². The maximum Gasteiger partial charge on any atom is 0.209 e. The molecule has 2 aliphatic rings. The van der Waals surface area contributed by atoms with E-state index in [1.165, 1.54) is 5.56 Å². The molecule has 0 spiro atoms. The number of amides is 1. The molecule has 1 aromatic carbocycles. The molecule has 2 atom stereocenters. The van der Waals surface area contributed by atoms with Gasteiger partial charge in [0, 0.05) is 63.7 Å². The van der Waals surface area contributed by atoms with Gasteiger partial charge in [-0.1, -0.05) is 24.3 Å². The standard InChI is InChI=1S/C27H35N5O4/c1-34-14-9-29-32-10-7-22-17-23(18-28-26(22)32)21-3-5-24(6-4-21)27(31-12-15-36-16-13-31)8-11-30(20-33)19-25(27)35-2/h3-7,10,17-18,20,25,29H,8-9,11-16,19H2,1-2H3. The number of methoxy groups -OCH3 is 2. The van der Waals surface area contributed by atoms with Crippen LogP contribution in [-0.2, 0) is 24.5 Å². The van der Waals surface area contributed by atoms with Gasteiger partial charge in [0.25, 0.3) is 0 Å². The van der Waals surface area contributed by atoms with E-state index in [1.54, 1.807) is 14.2 Å². The molecular weight excluding hydrogens is 458 g/mol. The highest BCUT2D eigenvalue weighted by Gasteiger charge is 2.49. The molecule has 0 radical (unpaired) electrons. The zero-order valence-electron chi connectivity index (χ0n) is 21.1. The van der Waals surface area contributed by atoms with Crippen molar-refractivity contribution < 1.29 is 19.0 Å². The Morgan fingerprint density at radius 2 is 1.94 bits per heavy atom. The Bertz CT molecular complexity index is 1160. The van der Waals surface area contributed by atoms with Crippen molar-refractivity contribution in [2.75, 3.05) is 72.2 Å². The van der Waals surface area contributed by atoms with E-state index in [1.807, 2.05) is 22.0 Å². The molecule has 9 nitrogen and oxygen atoms in total. The van der Waals surface area contributed by atoms with E-state index in [9.17, 15) is 4.79 Å². The van der Waals surface area contributed by atoms with Gasteiger partial charge in [-0.05, 0) is 29.7 Å². The van der Waals surface area contributed by atoms with Crippen LogP contribution in [0.15, 0.2) is 48.8 Å². The zero-order chi connectivity index (χ0) is 25.0. The van der Waals surface area contributed by atoms with Gasteiger partial charge in [0.2, 0.25) is 6.41 Å². The molecular formula is C27H35N5O4. The second kappa shape index (κ2) is 11.0. The molecule has 0 bridgehead atoms. The number of benzene rings is 1. The number of rotatable bonds is 9. The molecule has 0 aliphatic carbocycles. The average Bonchev–Trinajstić information content (AvgIpc) is 3.35. The van der Waals surface area contributed by atoms with Crippen LogP contribution in [-0.4, -0.2) is 98.7 Å². The van der Waals surface area contributed by atoms with E-state index in [0.29, 0.717) is 39.5 Å². The van der Waals surface area contributed by atoms with Gasteiger partial charge in [-0.15, -0.1) is 0 Å². The minimum absolute atomic E-state index is 0.121. The van der Waals surface area contributed by atoms with Crippen molar-refractivity contribution in [2.24, 2.45) is 0 Å². The lowest BCUT2D eigenvalue weighted by molar-refractivity contribution is -0.142. The molecule has 1 amide bonds. The number of hydrogen-bond donors (Lipinski definition) is 1. The van der Waals surface area contributed by atoms with Crippen LogP contribution in [0.5, 0.6) is 0 Å². The molecule has 2 fully saturated rings. The lowest BCUT2D eigenvalue weighted by Gasteiger charge is -2.53. The Morgan fingerprint density at radius 1 is 1.14 bits per heavy atom. The van der Waals surface area contributed by atoms with Crippen LogP contribution < -0.4 is 5.43 Å². The fourth-order valence-corrected chi connectivity index (χ4v) is 5.66. The highest BCUT2D eigenvalue weighted by Crippen LogP contribution is 2.41. The maximum atomic E-state index is 11.5. The molecule has 9 heteroatoms. The van der Waals surface area contributed by atoms with E-state index < -0.39 is 0 Å². The Hall–Kier alpha value is -2.98. The van der Waals surface area contributed by atoms with Crippen molar-refractivity contribution in [2.45, 2.75) is 18.1 Å². The Morgan fingerprint density at radius 3 is 2.67 bits per heavy atom. The SMILES string of the molecule is COCCNn1ccc2cc(-c3ccc(C4(N5CCOCC5)CCN(C=O)CC4OC)cc3)cnc21. The lowest BCUT2D eigenvalue weighted by atomic mass is 9.76. The summed E-state index contributed by atoms with van der Waals surface area (Å²) in [5, 5.41) is 1.08. The number of nitrogens with zero attached hydrogens (tertiary/aromatic N) is 4. The summed E-state index contributed by atoms with van der Waals surface area (Å²) >= 11 is 0. The van der Waals surface area contributed by atoms with Crippen LogP contribution >= 0.6 is 0 Å². The Labute approximate surface area is 211 Å². The van der Waals surface area contributed by atoms with Gasteiger partial charge < -0.3 is 24.5 Å². The fourth-order valence-electron chi connectivity index (χ4n) is 5.66. The van der Waals surface area contributed by atoms with Gasteiger partial charge in [0.05, 0.1) is 38.0 Å². The van der Waals surface area contributed by atoms with Gasteiger partial charge in [-0.3, -0.25) is 9.69 Å². The van der Waals surface area contributed by atoms with Crippen LogP contribution in [0.2, 0.25) is 0 Å². The largest absolute Gasteiger partial charge is 0.383 e. The van der Waals surface area contributed by atoms with Crippen molar-refractivity contribution in [3.05, 3.63) is 54.4 Å². The summed E-state index contributed by atoms with van der Waals surface area (Å²) in [6.45, 7) is 5.74. The monoisotopic (exact) mass is 493 g/mol. The predicted molar refractivity (Wildman–Crippen MR) is 138 cm³/mol. The molecule has 4 heterocycles. The molecule has 2 aliphatic heterocycles. The molecule has 5 rings (SSSR count). The van der Waals surface area contributed by atoms with Crippen molar-refractivity contribution in [1.29, 1.82) is 0 Å². The first-order valence-corrected chi connectivity index (χ1v) is 12.6. The summed E-state index contributed by atoms with van der Waals surface area (Å²) in [6.07, 6.45) is 5.54. The summed E-state index contributed by atoms with van der Waals surface area (Å²) in [6, 6.07) is 13.0. The van der Waals surface area contributed by atoms with Gasteiger partial charge in [-0.2, -0.15) is 0 Å². The number of ether oxygens (including phenoxy) is 3. The molecule has 36 heavy (non-hydrogen) atoms. The fraction of sp³-hybridized carbons (Fsp3) is 0.481. The summed E-state index contributed by atoms with van der Waals surface area (Å²) in [4.78, 5) is 20.6. The highest BCUT2D eigenvalue weighted by atomic mass is 16.5. The second-order valence-electron chi connectivity index (χ2n) is 9.40. The van der Waals surface area contributed by atoms with Crippen molar-refractivity contribution in [1.82, 2.24) is 19.5 Å². The maximum absolute atomic E-state index is 11.5. The lowest BCUT2D eigenvalue weighted by Crippen LogP contribution is -2.64. The number of piperidine rings is 1. The Balaban J connectivity index is 1.44. The summed E-state index contributed by atoms with van der Waals surface area (Å²) in [5.74, 6) is 0. The van der Waals surface area contributed by atoms with Crippen LogP contribution in [0.3, 0.4) is 0 Å². The van der Waals surface area contributed by atoms with Crippen LogP contribution in [0.4, 0.5) is 0 Å². The number of nitrogens with one attached hydrogen (secondary N) is 1. The third-order valence-corrected chi connectivity index (χ3v) is 7.56. The third-order valence-electron chi connectivity index (χ3n) is 7.56. The second-order valence-corrected chi connectivity index (χ2v) is 9.40. The number of fused-ring (bicyclic) bond motifs is 1. The minimum atomic E-state index is -0.302. The van der Waals surface area contributed by atoms with E-state index in [-0.39, 0.29) is 11.6 Å². The molecule has 0 saturated carbocycles. The average molecular weight is 494 g/mol. The number of hydrogen-bond acceptors (Lipinski definition) is 7. The van der Waals surface area contributed by atoms with Crippen LogP contribution in [0, 0.1) is 0 Å². The zero-order valence-corrected chi connectivity index (χ0v) is 21.1. The summed E-state index contributed by atoms with van der Waals surface area (Å²) in [7, 11) is 3.44. The van der Waals surface area contributed by atoms with Crippen LogP contribution in [0.1, 0.15) is 12.0 Å². The molecule has 3 aromatic rings. The predicted octanol–water partition coefficient (Wildman–Crippen LogP) is 2.30. The third kappa shape index (κ3) is 4.59. The normalized spacial score (nSPS) is 23.2. The van der Waals surface area contributed by atoms with E-state index >= 15 is 0 Å². The first-order chi connectivity index (χ1) is 17.7. The van der Waals surface area contributed by atoms with Gasteiger partial charge in [0.1, 0.15) is 0 Å². The van der Waals surface area contributed by atoms with E-state index in [2.05, 4.69) is 46.7 Å². The van der Waals surface area contributed by atoms with Gasteiger partial charge in [-0.25, -0.2) is 9.66 Å². The van der Waals surface area contributed by atoms with Crippen LogP contribution in [0.25, 0.3) is 22.2 Å². The number of morpholine rings is 1. The molecule has 1 N–H and O–H groups in total. The molecule has 2 saturated heterocycles. The number of likely N-dealkylation sites (tertiary alicyclic amines) is 1. The number of carbonyl (C=O) groups excluding carboxylic acids is 1. The number of aromatic nitrogens is 2. The summed E-state index contributed by atoms with van der Waals surface area (Å²) < 4.78 is 18.7. The topological polar surface area (TPSA) is 81.1 Å². The number of carbonyl (C=O) groups is 1. The van der Waals surface area contributed by atoms with Crippen molar-refractivity contribution in [3.8, 4) is 11.1 Å². The minimum Gasteiger partial charge on any atom is -0.383 e. The smallest absolute Gasteiger partial charge is 0.209 e. The number of pyridine rings is 1. The highest BCUT2D eigenvalue weighted by molar-refractivity contribution is 5.82. The van der Waals surface area contributed by atoms with Gasteiger partial charge in [0.15, 0.2) is 5.65 Å². The quantitative estimate of drug-likeness (QED) is 0.362. The van der Waals surface area contributed by atoms with Gasteiger partial charge >= 0.3 is 0 Å². The summed E-state index contributed by atoms with van der Waals surface area (Å²) in [5.41, 5.74) is 7.30. The molecule has 2 unspecified atom stereocenters. The van der Waals surface area contributed by atoms with Crippen molar-refractivity contribution in [3.63, 3.8) is 0 Å². The van der Waals surface area contributed by atoms with E-state index in [0.717, 1.165) is 48.1 Å². The molecule has 192 valence electrons. The van der Waals surface area contributed by atoms with E-state index in [4.69, 9.17) is 19.2 Å². The Kier molecular flexibility index (Phi) is 7.52. The first-order valence-electron chi connectivity index (χ1n) is 12.6. The molecule has 2 aromatic heterocycles.